The van der Waals surface area contributed by atoms with Crippen molar-refractivity contribution >= 4 is 23.3 Å². The number of carbonyl (C=O) groups excluding carboxylic acids is 1. The highest BCUT2D eigenvalue weighted by molar-refractivity contribution is 6.22. The lowest BCUT2D eigenvalue weighted by Gasteiger charge is -2.39. The third kappa shape index (κ3) is 5.21. The highest BCUT2D eigenvalue weighted by Crippen LogP contribution is 2.38. The third-order valence-corrected chi connectivity index (χ3v) is 6.74. The Labute approximate surface area is 188 Å². The lowest BCUT2D eigenvalue weighted by atomic mass is 10.0. The molecule has 2 aliphatic heterocycles. The van der Waals surface area contributed by atoms with E-state index in [0.717, 1.165) is 62.1 Å². The van der Waals surface area contributed by atoms with Gasteiger partial charge in [0, 0.05) is 37.8 Å². The van der Waals surface area contributed by atoms with Gasteiger partial charge in [-0.2, -0.15) is 0 Å². The number of hydrogen-bond donors (Lipinski definition) is 0. The van der Waals surface area contributed by atoms with Crippen molar-refractivity contribution in [2.75, 3.05) is 31.1 Å². The normalized spacial score (nSPS) is 19.5. The summed E-state index contributed by atoms with van der Waals surface area (Å²) in [4.78, 5) is 16.7. The zero-order chi connectivity index (χ0) is 21.8. The van der Waals surface area contributed by atoms with Crippen LogP contribution < -0.4 is 4.90 Å². The number of carbonyl (C=O) groups is 1. The van der Waals surface area contributed by atoms with E-state index in [0.29, 0.717) is 12.6 Å². The summed E-state index contributed by atoms with van der Waals surface area (Å²) in [5.74, 6) is -0.313. The summed E-state index contributed by atoms with van der Waals surface area (Å²) >= 11 is 6.76. The molecule has 0 amide bonds. The summed E-state index contributed by atoms with van der Waals surface area (Å²) in [7, 11) is 0. The number of benzene rings is 2. The van der Waals surface area contributed by atoms with Crippen LogP contribution in [0.25, 0.3) is 0 Å². The van der Waals surface area contributed by atoms with E-state index in [1.165, 1.54) is 11.6 Å². The number of esters is 1. The number of anilines is 1. The highest BCUT2D eigenvalue weighted by Gasteiger charge is 2.35. The number of halogens is 2. The summed E-state index contributed by atoms with van der Waals surface area (Å²) in [5, 5.41) is 0. The Balaban J connectivity index is 1.36. The molecule has 0 aromatic heterocycles. The lowest BCUT2D eigenvalue weighted by Crippen LogP contribution is -2.47. The molecule has 31 heavy (non-hydrogen) atoms. The maximum absolute atomic E-state index is 13.9. The van der Waals surface area contributed by atoms with Crippen LogP contribution in [-0.2, 0) is 28.8 Å². The summed E-state index contributed by atoms with van der Waals surface area (Å²) < 4.78 is 19.0. The highest BCUT2D eigenvalue weighted by atomic mass is 35.5. The first-order valence-corrected chi connectivity index (χ1v) is 11.6. The van der Waals surface area contributed by atoms with Crippen LogP contribution in [0.2, 0.25) is 0 Å². The van der Waals surface area contributed by atoms with Crippen LogP contribution in [0.3, 0.4) is 0 Å². The molecule has 0 N–H and O–H groups in total. The molecule has 0 spiro atoms. The maximum atomic E-state index is 13.9. The van der Waals surface area contributed by atoms with Crippen LogP contribution in [0.1, 0.15) is 36.5 Å². The minimum Gasteiger partial charge on any atom is -0.466 e. The summed E-state index contributed by atoms with van der Waals surface area (Å²) in [6.07, 6.45) is 3.91. The Morgan fingerprint density at radius 3 is 2.71 bits per heavy atom. The van der Waals surface area contributed by atoms with Crippen molar-refractivity contribution in [1.82, 2.24) is 4.90 Å². The molecule has 2 aliphatic rings. The van der Waals surface area contributed by atoms with Gasteiger partial charge in [-0.05, 0) is 55.0 Å². The fourth-order valence-electron chi connectivity index (χ4n) is 4.77. The Bertz CT molecular complexity index is 914. The van der Waals surface area contributed by atoms with Gasteiger partial charge in [0.25, 0.3) is 0 Å². The molecular formula is C25H30ClFN2O2. The third-order valence-electron chi connectivity index (χ3n) is 6.38. The van der Waals surface area contributed by atoms with E-state index >= 15 is 0 Å². The molecule has 1 fully saturated rings. The molecule has 4 nitrogen and oxygen atoms in total. The molecule has 2 aromatic carbocycles. The molecule has 4 rings (SSSR count). The average Bonchev–Trinajstić information content (AvgIpc) is 3.09. The topological polar surface area (TPSA) is 32.8 Å². The van der Waals surface area contributed by atoms with E-state index in [9.17, 15) is 9.18 Å². The monoisotopic (exact) mass is 444 g/mol. The van der Waals surface area contributed by atoms with E-state index < -0.39 is 0 Å². The molecule has 6 heteroatoms. The molecule has 1 unspecified atom stereocenters. The van der Waals surface area contributed by atoms with Crippen LogP contribution in [0, 0.1) is 5.82 Å². The molecule has 1 atom stereocenters. The van der Waals surface area contributed by atoms with Gasteiger partial charge >= 0.3 is 5.97 Å². The number of fused-ring (bicyclic) bond motifs is 1. The summed E-state index contributed by atoms with van der Waals surface area (Å²) in [6, 6.07) is 13.6. The summed E-state index contributed by atoms with van der Waals surface area (Å²) in [5.41, 5.74) is 4.10. The zero-order valence-corrected chi connectivity index (χ0v) is 18.8. The van der Waals surface area contributed by atoms with Crippen LogP contribution in [0.5, 0.6) is 0 Å². The van der Waals surface area contributed by atoms with Gasteiger partial charge in [0.15, 0.2) is 0 Å². The lowest BCUT2D eigenvalue weighted by molar-refractivity contribution is -0.142. The number of hydrogen-bond acceptors (Lipinski definition) is 4. The standard InChI is InChI=1S/C25H30ClFN2O2/c1-2-31-25(30)16-18-7-8-20-17-24(26)29(23(20)15-18)21-10-13-28(14-11-21)12-9-19-5-3-4-6-22(19)27/h3-8,15,21,24H,2,9-14,16-17H2,1H3. The van der Waals surface area contributed by atoms with Crippen molar-refractivity contribution in [1.29, 1.82) is 0 Å². The second-order valence-corrected chi connectivity index (χ2v) is 8.91. The Kier molecular flexibility index (Phi) is 7.13. The average molecular weight is 445 g/mol. The van der Waals surface area contributed by atoms with Gasteiger partial charge in [-0.1, -0.05) is 41.9 Å². The van der Waals surface area contributed by atoms with Gasteiger partial charge < -0.3 is 14.5 Å². The van der Waals surface area contributed by atoms with Gasteiger partial charge in [0.1, 0.15) is 11.3 Å². The van der Waals surface area contributed by atoms with Crippen molar-refractivity contribution in [3.05, 3.63) is 65.0 Å². The molecule has 0 saturated carbocycles. The minimum absolute atomic E-state index is 0.0530. The van der Waals surface area contributed by atoms with Crippen LogP contribution in [0.4, 0.5) is 10.1 Å². The molecular weight excluding hydrogens is 415 g/mol. The zero-order valence-electron chi connectivity index (χ0n) is 18.0. The molecule has 0 bridgehead atoms. The van der Waals surface area contributed by atoms with E-state index in [-0.39, 0.29) is 23.7 Å². The second kappa shape index (κ2) is 10.0. The fraction of sp³-hybridized carbons (Fsp3) is 0.480. The molecule has 0 radical (unpaired) electrons. The molecule has 2 aromatic rings. The quantitative estimate of drug-likeness (QED) is 0.356. The second-order valence-electron chi connectivity index (χ2n) is 8.40. The Morgan fingerprint density at radius 2 is 1.97 bits per heavy atom. The SMILES string of the molecule is CCOC(=O)Cc1ccc2c(c1)N(C1CCN(CCc3ccccc3F)CC1)C(Cl)C2. The Morgan fingerprint density at radius 1 is 1.19 bits per heavy atom. The van der Waals surface area contributed by atoms with E-state index in [2.05, 4.69) is 21.9 Å². The molecule has 0 aliphatic carbocycles. The van der Waals surface area contributed by atoms with Crippen molar-refractivity contribution < 1.29 is 13.9 Å². The van der Waals surface area contributed by atoms with Crippen molar-refractivity contribution in [2.24, 2.45) is 0 Å². The molecule has 166 valence electrons. The van der Waals surface area contributed by atoms with Crippen LogP contribution >= 0.6 is 11.6 Å². The van der Waals surface area contributed by atoms with E-state index in [1.54, 1.807) is 6.07 Å². The number of alkyl halides is 1. The van der Waals surface area contributed by atoms with Crippen molar-refractivity contribution in [2.45, 2.75) is 50.6 Å². The first-order chi connectivity index (χ1) is 15.0. The Hall–Kier alpha value is -2.11. The van der Waals surface area contributed by atoms with Gasteiger partial charge in [-0.15, -0.1) is 0 Å². The smallest absolute Gasteiger partial charge is 0.310 e. The van der Waals surface area contributed by atoms with Gasteiger partial charge in [-0.3, -0.25) is 4.79 Å². The number of piperidine rings is 1. The van der Waals surface area contributed by atoms with Crippen LogP contribution in [0.15, 0.2) is 42.5 Å². The number of nitrogens with zero attached hydrogens (tertiary/aromatic N) is 2. The predicted octanol–water partition coefficient (Wildman–Crippen LogP) is 4.57. The van der Waals surface area contributed by atoms with Gasteiger partial charge in [-0.25, -0.2) is 4.39 Å². The van der Waals surface area contributed by atoms with E-state index in [4.69, 9.17) is 16.3 Å². The molecule has 1 saturated heterocycles. The largest absolute Gasteiger partial charge is 0.466 e. The first kappa shape index (κ1) is 22.1. The number of ether oxygens (including phenoxy) is 1. The van der Waals surface area contributed by atoms with Gasteiger partial charge in [0.2, 0.25) is 0 Å². The first-order valence-electron chi connectivity index (χ1n) is 11.2. The van der Waals surface area contributed by atoms with E-state index in [1.807, 2.05) is 25.1 Å². The van der Waals surface area contributed by atoms with Gasteiger partial charge in [0.05, 0.1) is 13.0 Å². The predicted molar refractivity (Wildman–Crippen MR) is 122 cm³/mol. The molecule has 2 heterocycles. The number of likely N-dealkylation sites (tertiary alicyclic amines) is 1. The van der Waals surface area contributed by atoms with Crippen molar-refractivity contribution in [3.8, 4) is 0 Å². The van der Waals surface area contributed by atoms with Crippen molar-refractivity contribution in [3.63, 3.8) is 0 Å². The fourth-order valence-corrected chi connectivity index (χ4v) is 5.20. The van der Waals surface area contributed by atoms with Crippen LogP contribution in [-0.4, -0.2) is 48.7 Å². The maximum Gasteiger partial charge on any atom is 0.310 e. The minimum atomic E-state index is -0.197. The number of rotatable bonds is 7. The summed E-state index contributed by atoms with van der Waals surface area (Å²) in [6.45, 7) is 5.06.